The molecule has 1 heterocycles. The van der Waals surface area contributed by atoms with Gasteiger partial charge in [0.25, 0.3) is 0 Å². The minimum Gasteiger partial charge on any atom is -0.463 e. The van der Waals surface area contributed by atoms with E-state index in [1.165, 1.54) is 5.57 Å². The van der Waals surface area contributed by atoms with Crippen LogP contribution in [0.5, 0.6) is 0 Å². The van der Waals surface area contributed by atoms with Crippen molar-refractivity contribution in [2.24, 2.45) is 0 Å². The first kappa shape index (κ1) is 13.0. The topological polar surface area (TPSA) is 28.4 Å². The molecule has 0 aromatic carbocycles. The second kappa shape index (κ2) is 6.51. The van der Waals surface area contributed by atoms with Gasteiger partial charge < -0.3 is 9.73 Å². The molecule has 1 rings (SSSR count). The van der Waals surface area contributed by atoms with Crippen LogP contribution in [0, 0.1) is 0 Å². The van der Waals surface area contributed by atoms with Crippen molar-refractivity contribution in [3.05, 3.63) is 35.8 Å². The number of nitrogens with one attached hydrogen (secondary N) is 1. The summed E-state index contributed by atoms with van der Waals surface area (Å²) >= 11 is 0. The molecule has 0 fully saturated rings. The van der Waals surface area contributed by atoms with Gasteiger partial charge in [0.15, 0.2) is 0 Å². The van der Waals surface area contributed by atoms with Gasteiger partial charge in [-0.1, -0.05) is 19.1 Å². The molecule has 3 heteroatoms. The predicted octanol–water partition coefficient (Wildman–Crippen LogP) is 2.40. The van der Waals surface area contributed by atoms with Gasteiger partial charge in [-0.05, 0) is 32.6 Å². The van der Waals surface area contributed by atoms with Gasteiger partial charge in [0.05, 0.1) is 13.1 Å². The fourth-order valence-electron chi connectivity index (χ4n) is 1.66. The van der Waals surface area contributed by atoms with Crippen LogP contribution in [0.3, 0.4) is 0 Å². The van der Waals surface area contributed by atoms with Crippen LogP contribution in [0.15, 0.2) is 28.7 Å². The third-order valence-electron chi connectivity index (χ3n) is 2.39. The highest BCUT2D eigenvalue weighted by Gasteiger charge is 2.07. The van der Waals surface area contributed by atoms with Crippen molar-refractivity contribution in [2.75, 3.05) is 20.1 Å². The Morgan fingerprint density at radius 2 is 2.12 bits per heavy atom. The molecular formula is C13H22N2O. The number of hydrogen-bond donors (Lipinski definition) is 1. The Bertz CT molecular complexity index is 330. The SMILES string of the molecule is C=C(C)CN(CC)Cc1ccc(CNC)o1. The van der Waals surface area contributed by atoms with Gasteiger partial charge in [0.2, 0.25) is 0 Å². The van der Waals surface area contributed by atoms with Gasteiger partial charge in [-0.25, -0.2) is 0 Å². The second-order valence-corrected chi connectivity index (χ2v) is 4.16. The van der Waals surface area contributed by atoms with E-state index in [-0.39, 0.29) is 0 Å². The minimum absolute atomic E-state index is 0.784. The predicted molar refractivity (Wildman–Crippen MR) is 67.2 cm³/mol. The van der Waals surface area contributed by atoms with Crippen molar-refractivity contribution in [2.45, 2.75) is 26.9 Å². The van der Waals surface area contributed by atoms with E-state index in [0.717, 1.165) is 37.7 Å². The summed E-state index contributed by atoms with van der Waals surface area (Å²) in [5.74, 6) is 2.01. The second-order valence-electron chi connectivity index (χ2n) is 4.16. The first-order valence-electron chi connectivity index (χ1n) is 5.74. The highest BCUT2D eigenvalue weighted by Crippen LogP contribution is 2.11. The van der Waals surface area contributed by atoms with Crippen LogP contribution in [-0.4, -0.2) is 25.0 Å². The summed E-state index contributed by atoms with van der Waals surface area (Å²) in [5.41, 5.74) is 1.18. The average molecular weight is 222 g/mol. The molecule has 0 amide bonds. The normalized spacial score (nSPS) is 11.0. The van der Waals surface area contributed by atoms with Crippen LogP contribution < -0.4 is 5.32 Å². The quantitative estimate of drug-likeness (QED) is 0.718. The average Bonchev–Trinajstić information content (AvgIpc) is 2.64. The lowest BCUT2D eigenvalue weighted by Crippen LogP contribution is -2.24. The van der Waals surface area contributed by atoms with E-state index >= 15 is 0 Å². The van der Waals surface area contributed by atoms with Gasteiger partial charge in [-0.2, -0.15) is 0 Å². The Labute approximate surface area is 98.1 Å². The Hall–Kier alpha value is -1.06. The van der Waals surface area contributed by atoms with E-state index in [1.807, 2.05) is 19.2 Å². The molecule has 16 heavy (non-hydrogen) atoms. The van der Waals surface area contributed by atoms with Crippen LogP contribution in [0.2, 0.25) is 0 Å². The van der Waals surface area contributed by atoms with Gasteiger partial charge in [-0.3, -0.25) is 4.90 Å². The van der Waals surface area contributed by atoms with Crippen molar-refractivity contribution in [1.29, 1.82) is 0 Å². The van der Waals surface area contributed by atoms with Crippen molar-refractivity contribution in [3.8, 4) is 0 Å². The van der Waals surface area contributed by atoms with E-state index in [9.17, 15) is 0 Å². The van der Waals surface area contributed by atoms with Gasteiger partial charge in [0.1, 0.15) is 11.5 Å². The van der Waals surface area contributed by atoms with Crippen molar-refractivity contribution < 1.29 is 4.42 Å². The number of hydrogen-bond acceptors (Lipinski definition) is 3. The van der Waals surface area contributed by atoms with E-state index in [4.69, 9.17) is 4.42 Å². The fourth-order valence-corrected chi connectivity index (χ4v) is 1.66. The zero-order valence-corrected chi connectivity index (χ0v) is 10.5. The summed E-state index contributed by atoms with van der Waals surface area (Å²) < 4.78 is 5.70. The van der Waals surface area contributed by atoms with Crippen molar-refractivity contribution in [1.82, 2.24) is 10.2 Å². The number of nitrogens with zero attached hydrogens (tertiary/aromatic N) is 1. The zero-order valence-electron chi connectivity index (χ0n) is 10.5. The maximum Gasteiger partial charge on any atom is 0.118 e. The molecule has 0 aliphatic rings. The zero-order chi connectivity index (χ0) is 12.0. The van der Waals surface area contributed by atoms with Gasteiger partial charge in [0, 0.05) is 6.54 Å². The number of likely N-dealkylation sites (N-methyl/N-ethyl adjacent to an activating group) is 1. The van der Waals surface area contributed by atoms with Gasteiger partial charge >= 0.3 is 0 Å². The summed E-state index contributed by atoms with van der Waals surface area (Å²) in [6, 6.07) is 4.08. The van der Waals surface area contributed by atoms with Crippen LogP contribution in [0.25, 0.3) is 0 Å². The first-order chi connectivity index (χ1) is 7.65. The maximum absolute atomic E-state index is 5.70. The Morgan fingerprint density at radius 1 is 1.44 bits per heavy atom. The number of furan rings is 1. The molecule has 0 aliphatic carbocycles. The highest BCUT2D eigenvalue weighted by atomic mass is 16.3. The van der Waals surface area contributed by atoms with E-state index in [1.54, 1.807) is 0 Å². The summed E-state index contributed by atoms with van der Waals surface area (Å²) in [6.07, 6.45) is 0. The van der Waals surface area contributed by atoms with Crippen LogP contribution in [0.4, 0.5) is 0 Å². The van der Waals surface area contributed by atoms with E-state index < -0.39 is 0 Å². The number of rotatable bonds is 7. The first-order valence-corrected chi connectivity index (χ1v) is 5.74. The van der Waals surface area contributed by atoms with Crippen LogP contribution >= 0.6 is 0 Å². The molecule has 0 aliphatic heterocycles. The molecule has 90 valence electrons. The van der Waals surface area contributed by atoms with Gasteiger partial charge in [-0.15, -0.1) is 0 Å². The largest absolute Gasteiger partial charge is 0.463 e. The van der Waals surface area contributed by atoms with Crippen molar-refractivity contribution in [3.63, 3.8) is 0 Å². The summed E-state index contributed by atoms with van der Waals surface area (Å²) in [6.45, 7) is 11.7. The fraction of sp³-hybridized carbons (Fsp3) is 0.538. The third kappa shape index (κ3) is 4.21. The monoisotopic (exact) mass is 222 g/mol. The third-order valence-corrected chi connectivity index (χ3v) is 2.39. The minimum atomic E-state index is 0.784. The van der Waals surface area contributed by atoms with Crippen LogP contribution in [0.1, 0.15) is 25.4 Å². The Kier molecular flexibility index (Phi) is 5.29. The van der Waals surface area contributed by atoms with Crippen LogP contribution in [-0.2, 0) is 13.1 Å². The standard InChI is InChI=1S/C13H22N2O/c1-5-15(9-11(2)3)10-13-7-6-12(16-13)8-14-4/h6-7,14H,2,5,8-10H2,1,3-4H3. The highest BCUT2D eigenvalue weighted by molar-refractivity contribution is 5.07. The molecule has 0 spiro atoms. The van der Waals surface area contributed by atoms with E-state index in [2.05, 4.69) is 30.6 Å². The Morgan fingerprint density at radius 3 is 2.69 bits per heavy atom. The molecule has 1 aromatic heterocycles. The lowest BCUT2D eigenvalue weighted by atomic mass is 10.3. The molecule has 0 saturated heterocycles. The summed E-state index contributed by atoms with van der Waals surface area (Å²) in [7, 11) is 1.92. The molecule has 0 radical (unpaired) electrons. The summed E-state index contributed by atoms with van der Waals surface area (Å²) in [5, 5.41) is 3.08. The van der Waals surface area contributed by atoms with E-state index in [0.29, 0.717) is 0 Å². The lowest BCUT2D eigenvalue weighted by Gasteiger charge is -2.18. The molecule has 1 N–H and O–H groups in total. The molecule has 0 atom stereocenters. The molecule has 0 bridgehead atoms. The molecule has 0 saturated carbocycles. The smallest absolute Gasteiger partial charge is 0.118 e. The summed E-state index contributed by atoms with van der Waals surface area (Å²) in [4.78, 5) is 2.31. The molecular weight excluding hydrogens is 200 g/mol. The van der Waals surface area contributed by atoms with Crippen molar-refractivity contribution >= 4 is 0 Å². The maximum atomic E-state index is 5.70. The Balaban J connectivity index is 2.52. The molecule has 0 unspecified atom stereocenters. The molecule has 3 nitrogen and oxygen atoms in total. The molecule has 1 aromatic rings. The lowest BCUT2D eigenvalue weighted by molar-refractivity contribution is 0.272.